The lowest BCUT2D eigenvalue weighted by atomic mass is 9.78. The van der Waals surface area contributed by atoms with Crippen molar-refractivity contribution < 1.29 is 0 Å². The molecule has 4 aliphatic heterocycles. The van der Waals surface area contributed by atoms with E-state index >= 15 is 0 Å². The fourth-order valence-corrected chi connectivity index (χ4v) is 18.7. The van der Waals surface area contributed by atoms with Crippen LogP contribution in [0.3, 0.4) is 0 Å². The van der Waals surface area contributed by atoms with Crippen LogP contribution in [0.4, 0.5) is 22.7 Å². The number of aromatic amines is 4. The van der Waals surface area contributed by atoms with Gasteiger partial charge in [0, 0.05) is 145 Å². The van der Waals surface area contributed by atoms with Gasteiger partial charge in [-0.1, -0.05) is 312 Å². The van der Waals surface area contributed by atoms with Crippen molar-refractivity contribution in [2.45, 2.75) is 209 Å². The highest BCUT2D eigenvalue weighted by molar-refractivity contribution is 6.09. The van der Waals surface area contributed by atoms with Crippen LogP contribution in [0.2, 0.25) is 0 Å². The minimum atomic E-state index is -0.261. The molecular weight excluding hydrogens is 1610 g/mol. The molecule has 0 saturated carbocycles. The Hall–Kier alpha value is -13.8. The van der Waals surface area contributed by atoms with Crippen molar-refractivity contribution in [3.63, 3.8) is 0 Å². The van der Waals surface area contributed by atoms with Crippen LogP contribution in [0.15, 0.2) is 218 Å². The zero-order valence-electron chi connectivity index (χ0n) is 81.3. The summed E-state index contributed by atoms with van der Waals surface area (Å²) in [6, 6.07) is 79.1. The summed E-state index contributed by atoms with van der Waals surface area (Å²) in [7, 11) is 0. The third-order valence-electron chi connectivity index (χ3n) is 26.7. The molecule has 12 heteroatoms. The molecule has 0 fully saturated rings. The van der Waals surface area contributed by atoms with Crippen LogP contribution >= 0.6 is 0 Å². The Morgan fingerprint density at radius 1 is 0.197 bits per heavy atom. The normalized spacial score (nSPS) is 13.5. The zero-order chi connectivity index (χ0) is 93.9. The first-order valence-corrected chi connectivity index (χ1v) is 46.5. The minimum absolute atomic E-state index is 0.261. The van der Waals surface area contributed by atoms with Gasteiger partial charge in [0.2, 0.25) is 0 Å². The lowest BCUT2D eigenvalue weighted by Gasteiger charge is -2.26. The first kappa shape index (κ1) is 88.8. The number of nitrogens with two attached hydrogens (primary N) is 4. The first-order chi connectivity index (χ1) is 62.0. The van der Waals surface area contributed by atoms with E-state index in [4.69, 9.17) is 42.9 Å². The molecule has 16 bridgehead atoms. The Bertz CT molecular complexity index is 7040. The number of hydrogen-bond acceptors (Lipinski definition) is 8. The van der Waals surface area contributed by atoms with Gasteiger partial charge in [-0.2, -0.15) is 0 Å². The lowest BCUT2D eigenvalue weighted by Crippen LogP contribution is -2.16. The number of rotatable bonds is 9. The molecule has 0 radical (unpaired) electrons. The minimum Gasteiger partial charge on any atom is -0.398 e. The van der Waals surface area contributed by atoms with Crippen molar-refractivity contribution in [1.82, 2.24) is 39.9 Å². The number of H-pyrrole nitrogens is 4. The molecule has 0 amide bonds. The Kier molecular flexibility index (Phi) is 21.5. The Balaban J connectivity index is 1.11. The molecule has 0 spiro atoms. The number of fused-ring (bicyclic) bond motifs is 16. The van der Waals surface area contributed by atoms with E-state index in [1.54, 1.807) is 0 Å². The van der Waals surface area contributed by atoms with Crippen molar-refractivity contribution >= 4 is 114 Å². The quantitative estimate of drug-likeness (QED) is 0.0649. The largest absolute Gasteiger partial charge is 0.398 e. The molecule has 6 aromatic heterocycles. The average molecular weight is 1740 g/mol. The van der Waals surface area contributed by atoms with Crippen molar-refractivity contribution in [2.75, 3.05) is 22.9 Å². The average Bonchev–Trinajstić information content (AvgIpc) is 1.57. The van der Waals surface area contributed by atoms with E-state index in [2.05, 4.69) is 392 Å². The number of anilines is 4. The van der Waals surface area contributed by atoms with E-state index in [0.29, 0.717) is 34.1 Å². The molecule has 0 atom stereocenters. The molecule has 14 aromatic rings. The van der Waals surface area contributed by atoms with E-state index < -0.39 is 0 Å². The number of nitrogen functional groups attached to an aromatic ring is 4. The van der Waals surface area contributed by atoms with Gasteiger partial charge < -0.3 is 42.9 Å². The summed E-state index contributed by atoms with van der Waals surface area (Å²) in [6.07, 6.45) is 13.4. The maximum Gasteiger partial charge on any atom is 0.0743 e. The van der Waals surface area contributed by atoms with Crippen LogP contribution < -0.4 is 22.9 Å². The topological polar surface area (TPSA) is 219 Å². The van der Waals surface area contributed by atoms with Crippen LogP contribution in [0.25, 0.3) is 170 Å². The number of aromatic nitrogens is 8. The summed E-state index contributed by atoms with van der Waals surface area (Å²) in [5, 5.41) is 0. The van der Waals surface area contributed by atoms with Gasteiger partial charge >= 0.3 is 0 Å². The van der Waals surface area contributed by atoms with Crippen LogP contribution in [0, 0.1) is 0 Å². The Morgan fingerprint density at radius 3 is 0.667 bits per heavy atom. The zero-order valence-corrected chi connectivity index (χ0v) is 81.3. The molecule has 0 saturated heterocycles. The molecule has 8 aromatic carbocycles. The molecular formula is C120H126N12. The SMILES string of the molecule is CC(C)(C)c1cc(-c2c3nc(c(-c4c5nc(c(-c6cc(C(C)(C)C)cc(C(C)(C)C)c6)c6cc(-c7ccccc7N)c(cc7nc(c(-c8cc(C(C)(C)C)cc(C(C)(C)C)c8)c8ccc4[nH]8)C=C7c4ccccc4N)[nH]6)C=C5)c4ccc([nH]4)c(-c4cc(C(C)(C)C)cc(C(C)(C)C)c4)c4nc(cc5[nH]c2cc5-c2ccccc2N)C(c2ccccc2N)=C4)C=C3)cc(C(C)(C)C)c1. The first-order valence-electron chi connectivity index (χ1n) is 46.5. The second-order valence-corrected chi connectivity index (χ2v) is 45.0. The highest BCUT2D eigenvalue weighted by Gasteiger charge is 2.33. The molecule has 18 rings (SSSR count). The molecule has 4 aliphatic rings. The number of nitrogens with one attached hydrogen (secondary N) is 4. The van der Waals surface area contributed by atoms with Gasteiger partial charge in [0.25, 0.3) is 0 Å². The number of benzene rings is 8. The van der Waals surface area contributed by atoms with Gasteiger partial charge in [-0.15, -0.1) is 0 Å². The molecule has 0 unspecified atom stereocenters. The van der Waals surface area contributed by atoms with E-state index in [1.165, 1.54) is 44.5 Å². The summed E-state index contributed by atoms with van der Waals surface area (Å²) in [5.74, 6) is 0. The highest BCUT2D eigenvalue weighted by Crippen LogP contribution is 2.50. The van der Waals surface area contributed by atoms with Crippen LogP contribution in [0.5, 0.6) is 0 Å². The third kappa shape index (κ3) is 16.9. The van der Waals surface area contributed by atoms with E-state index in [9.17, 15) is 0 Å². The molecule has 12 N–H and O–H groups in total. The Morgan fingerprint density at radius 2 is 0.417 bits per heavy atom. The predicted octanol–water partition coefficient (Wildman–Crippen LogP) is 30.8. The second kappa shape index (κ2) is 32.0. The van der Waals surface area contributed by atoms with Crippen LogP contribution in [-0.4, -0.2) is 39.9 Å². The van der Waals surface area contributed by atoms with Gasteiger partial charge in [-0.3, -0.25) is 0 Å². The fraction of sp³-hybridized carbons (Fsp3) is 0.267. The monoisotopic (exact) mass is 1740 g/mol. The highest BCUT2D eigenvalue weighted by atomic mass is 14.8. The maximum absolute atomic E-state index is 7.29. The van der Waals surface area contributed by atoms with Crippen LogP contribution in [0.1, 0.15) is 267 Å². The van der Waals surface area contributed by atoms with Crippen LogP contribution in [-0.2, 0) is 43.3 Å². The van der Waals surface area contributed by atoms with E-state index in [1.807, 2.05) is 48.5 Å². The fourth-order valence-electron chi connectivity index (χ4n) is 18.7. The maximum atomic E-state index is 7.29. The van der Waals surface area contributed by atoms with Gasteiger partial charge in [-0.05, 0) is 219 Å². The smallest absolute Gasteiger partial charge is 0.0743 e. The summed E-state index contributed by atoms with van der Waals surface area (Å²) in [4.78, 5) is 41.5. The standard InChI is InChI=1S/C120H126N12/c1-113(2,3)71-49-67(50-72(57-71)114(4,5)6)107-91-41-45-95(125-91)111(96-46-42-92(126-96)108(68-51-73(115(7,8)9)58-74(52-68)116(10,11)12)104-62-84(80-34-26-30-38-88(80)122)100(130-104)65-99-83(61-103(107)129-99)79-33-25-29-37-87(79)121)112-97-47-43-93(127-97)109(69-53-75(117(13,14)15)59-76(54-69)118(16,17)18)105-63-85(81-35-27-31-39-89(81)123)101(131-105)66-102-86(82-36-28-32-40-90(82)124)64-106(132-102)110(94-44-48-98(112)128-94)70-55-77(119(19,20)21)60-78(56-70)120(22,23)24/h25-66,125,127,130,132H,121-124H2,1-24H3. The van der Waals surface area contributed by atoms with Crippen molar-refractivity contribution in [2.24, 2.45) is 0 Å². The van der Waals surface area contributed by atoms with Gasteiger partial charge in [0.05, 0.1) is 45.6 Å². The number of nitrogens with zero attached hydrogens (tertiary/aromatic N) is 4. The lowest BCUT2D eigenvalue weighted by molar-refractivity contribution is 0.568. The molecule has 666 valence electrons. The molecule has 12 nitrogen and oxygen atoms in total. The Labute approximate surface area is 779 Å². The summed E-state index contributed by atoms with van der Waals surface area (Å²) >= 11 is 0. The van der Waals surface area contributed by atoms with Crippen molar-refractivity contribution in [3.8, 4) is 77.9 Å². The summed E-state index contributed by atoms with van der Waals surface area (Å²) in [6.45, 7) is 55.2. The van der Waals surface area contributed by atoms with Crippen molar-refractivity contribution in [3.05, 3.63) is 320 Å². The van der Waals surface area contributed by atoms with E-state index in [-0.39, 0.29) is 43.3 Å². The number of para-hydroxylation sites is 4. The van der Waals surface area contributed by atoms with Gasteiger partial charge in [0.1, 0.15) is 0 Å². The van der Waals surface area contributed by atoms with Gasteiger partial charge in [0.15, 0.2) is 0 Å². The molecule has 132 heavy (non-hydrogen) atoms. The molecule has 10 heterocycles. The van der Waals surface area contributed by atoms with Crippen molar-refractivity contribution in [1.29, 1.82) is 0 Å². The second-order valence-electron chi connectivity index (χ2n) is 45.0. The summed E-state index contributed by atoms with van der Waals surface area (Å²) < 4.78 is 0. The third-order valence-corrected chi connectivity index (χ3v) is 26.7. The number of hydrogen-bond donors (Lipinski definition) is 8. The summed E-state index contributed by atoms with van der Waals surface area (Å²) in [5.41, 5.74) is 67.5. The predicted molar refractivity (Wildman–Crippen MR) is 566 cm³/mol. The van der Waals surface area contributed by atoms with E-state index in [0.717, 1.165) is 178 Å². The van der Waals surface area contributed by atoms with Gasteiger partial charge in [-0.25, -0.2) is 19.9 Å². The molecule has 0 aliphatic carbocycles.